The van der Waals surface area contributed by atoms with Crippen molar-refractivity contribution < 1.29 is 18.3 Å². The van der Waals surface area contributed by atoms with Crippen LogP contribution >= 0.6 is 0 Å². The van der Waals surface area contributed by atoms with E-state index < -0.39 is 16.3 Å². The first kappa shape index (κ1) is 10.4. The summed E-state index contributed by atoms with van der Waals surface area (Å²) in [5.74, 6) is 0.179. The molecule has 82 valence electrons. The van der Waals surface area contributed by atoms with Crippen molar-refractivity contribution in [3.63, 3.8) is 0 Å². The van der Waals surface area contributed by atoms with Crippen LogP contribution in [0.25, 0.3) is 0 Å². The van der Waals surface area contributed by atoms with E-state index in [1.807, 2.05) is 0 Å². The van der Waals surface area contributed by atoms with E-state index in [1.165, 1.54) is 6.07 Å². The Kier molecular flexibility index (Phi) is 2.41. The lowest BCUT2D eigenvalue weighted by Gasteiger charge is -2.23. The van der Waals surface area contributed by atoms with Crippen LogP contribution in [0.4, 0.5) is 0 Å². The third-order valence-electron chi connectivity index (χ3n) is 2.28. The highest BCUT2D eigenvalue weighted by Gasteiger charge is 2.24. The summed E-state index contributed by atoms with van der Waals surface area (Å²) >= 11 is 0. The van der Waals surface area contributed by atoms with Gasteiger partial charge in [0.1, 0.15) is 10.6 Å². The molecule has 3 N–H and O–H groups in total. The van der Waals surface area contributed by atoms with Crippen LogP contribution in [0.5, 0.6) is 5.75 Å². The third-order valence-corrected chi connectivity index (χ3v) is 3.22. The first-order valence-electron chi connectivity index (χ1n) is 4.48. The van der Waals surface area contributed by atoms with E-state index in [-0.39, 0.29) is 10.6 Å². The smallest absolute Gasteiger partial charge is 0.241 e. The van der Waals surface area contributed by atoms with Gasteiger partial charge in [-0.1, -0.05) is 12.1 Å². The van der Waals surface area contributed by atoms with Crippen molar-refractivity contribution in [2.24, 2.45) is 5.14 Å². The topological polar surface area (TPSA) is 89.6 Å². The maximum Gasteiger partial charge on any atom is 0.241 e. The van der Waals surface area contributed by atoms with Gasteiger partial charge < -0.3 is 9.84 Å². The second-order valence-corrected chi connectivity index (χ2v) is 4.93. The number of primary sulfonamides is 1. The summed E-state index contributed by atoms with van der Waals surface area (Å²) in [4.78, 5) is -0.0706. The van der Waals surface area contributed by atoms with Gasteiger partial charge in [-0.05, 0) is 18.1 Å². The molecule has 0 aliphatic carbocycles. The van der Waals surface area contributed by atoms with Gasteiger partial charge in [0.15, 0.2) is 6.29 Å². The molecule has 0 bridgehead atoms. The second-order valence-electron chi connectivity index (χ2n) is 3.40. The maximum atomic E-state index is 11.2. The quantitative estimate of drug-likeness (QED) is 0.708. The second kappa shape index (κ2) is 3.48. The molecule has 5 nitrogen and oxygen atoms in total. The zero-order valence-electron chi connectivity index (χ0n) is 7.88. The molecule has 0 spiro atoms. The Morgan fingerprint density at radius 3 is 2.87 bits per heavy atom. The molecular formula is C9H11NO4S. The number of benzene rings is 1. The molecule has 6 heteroatoms. The summed E-state index contributed by atoms with van der Waals surface area (Å²) in [5.41, 5.74) is 0.756. The Hall–Kier alpha value is -1.11. The highest BCUT2D eigenvalue weighted by Crippen LogP contribution is 2.32. The van der Waals surface area contributed by atoms with Crippen LogP contribution in [-0.2, 0) is 16.4 Å². The van der Waals surface area contributed by atoms with Gasteiger partial charge in [0.05, 0.1) is 0 Å². The van der Waals surface area contributed by atoms with E-state index in [1.54, 1.807) is 12.1 Å². The molecule has 1 unspecified atom stereocenters. The summed E-state index contributed by atoms with van der Waals surface area (Å²) < 4.78 is 27.5. The SMILES string of the molecule is NS(=O)(=O)c1cccc2c1OC(O)CC2. The normalized spacial score (nSPS) is 20.5. The van der Waals surface area contributed by atoms with Crippen molar-refractivity contribution in [2.75, 3.05) is 0 Å². The number of hydrogen-bond donors (Lipinski definition) is 2. The summed E-state index contributed by atoms with van der Waals surface area (Å²) in [6.45, 7) is 0. The zero-order valence-corrected chi connectivity index (χ0v) is 8.70. The molecule has 0 saturated carbocycles. The van der Waals surface area contributed by atoms with Gasteiger partial charge in [0, 0.05) is 6.42 Å². The lowest BCUT2D eigenvalue weighted by molar-refractivity contribution is -0.0338. The lowest BCUT2D eigenvalue weighted by Crippen LogP contribution is -2.24. The fourth-order valence-corrected chi connectivity index (χ4v) is 2.30. The minimum Gasteiger partial charge on any atom is -0.463 e. The molecule has 0 amide bonds. The van der Waals surface area contributed by atoms with Gasteiger partial charge in [-0.15, -0.1) is 0 Å². The molecule has 0 aromatic heterocycles. The van der Waals surface area contributed by atoms with Gasteiger partial charge in [0.2, 0.25) is 10.0 Å². The molecule has 1 aliphatic rings. The largest absolute Gasteiger partial charge is 0.463 e. The Balaban J connectivity index is 2.59. The van der Waals surface area contributed by atoms with E-state index in [0.29, 0.717) is 12.8 Å². The number of nitrogens with two attached hydrogens (primary N) is 1. The van der Waals surface area contributed by atoms with Crippen molar-refractivity contribution in [3.8, 4) is 5.75 Å². The number of rotatable bonds is 1. The maximum absolute atomic E-state index is 11.2. The monoisotopic (exact) mass is 229 g/mol. The minimum absolute atomic E-state index is 0.0706. The molecular weight excluding hydrogens is 218 g/mol. The Morgan fingerprint density at radius 1 is 1.47 bits per heavy atom. The van der Waals surface area contributed by atoms with Crippen LogP contribution in [0, 0.1) is 0 Å². The van der Waals surface area contributed by atoms with Crippen LogP contribution in [0.15, 0.2) is 23.1 Å². The zero-order chi connectivity index (χ0) is 11.1. The number of ether oxygens (including phenoxy) is 1. The first-order valence-corrected chi connectivity index (χ1v) is 6.02. The fraction of sp³-hybridized carbons (Fsp3) is 0.333. The molecule has 2 rings (SSSR count). The van der Waals surface area contributed by atoms with Crippen molar-refractivity contribution in [1.82, 2.24) is 0 Å². The molecule has 0 saturated heterocycles. The number of aryl methyl sites for hydroxylation is 1. The number of aliphatic hydroxyl groups excluding tert-OH is 1. The summed E-state index contributed by atoms with van der Waals surface area (Å²) in [7, 11) is -3.80. The summed E-state index contributed by atoms with van der Waals surface area (Å²) in [5, 5.41) is 14.3. The molecule has 1 heterocycles. The highest BCUT2D eigenvalue weighted by molar-refractivity contribution is 7.89. The number of aliphatic hydroxyl groups is 1. The number of sulfonamides is 1. The van der Waals surface area contributed by atoms with Crippen LogP contribution in [0.2, 0.25) is 0 Å². The molecule has 0 fully saturated rings. The van der Waals surface area contributed by atoms with Gasteiger partial charge >= 0.3 is 0 Å². The number of hydrogen-bond acceptors (Lipinski definition) is 4. The fourth-order valence-electron chi connectivity index (χ4n) is 1.59. The van der Waals surface area contributed by atoms with Crippen LogP contribution in [-0.4, -0.2) is 19.8 Å². The number of para-hydroxylation sites is 1. The molecule has 1 aromatic rings. The number of fused-ring (bicyclic) bond motifs is 1. The average Bonchev–Trinajstić information content (AvgIpc) is 2.15. The van der Waals surface area contributed by atoms with E-state index in [9.17, 15) is 13.5 Å². The molecule has 15 heavy (non-hydrogen) atoms. The summed E-state index contributed by atoms with van der Waals surface area (Å²) in [6.07, 6.45) is 0.0846. The van der Waals surface area contributed by atoms with Crippen LogP contribution in [0.3, 0.4) is 0 Å². The predicted octanol–water partition coefficient (Wildman–Crippen LogP) is -0.0226. The molecule has 1 aliphatic heterocycles. The van der Waals surface area contributed by atoms with Gasteiger partial charge in [0.25, 0.3) is 0 Å². The van der Waals surface area contributed by atoms with Gasteiger partial charge in [-0.25, -0.2) is 13.6 Å². The van der Waals surface area contributed by atoms with Crippen molar-refractivity contribution >= 4 is 10.0 Å². The van der Waals surface area contributed by atoms with Crippen molar-refractivity contribution in [1.29, 1.82) is 0 Å². The standard InChI is InChI=1S/C9H11NO4S/c10-15(12,13)7-3-1-2-6-4-5-8(11)14-9(6)7/h1-3,8,11H,4-5H2,(H2,10,12,13). The molecule has 1 atom stereocenters. The third kappa shape index (κ3) is 1.97. The van der Waals surface area contributed by atoms with E-state index in [2.05, 4.69) is 0 Å². The lowest BCUT2D eigenvalue weighted by atomic mass is 10.1. The van der Waals surface area contributed by atoms with Crippen LogP contribution in [0.1, 0.15) is 12.0 Å². The average molecular weight is 229 g/mol. The minimum atomic E-state index is -3.80. The predicted molar refractivity (Wildman–Crippen MR) is 52.8 cm³/mol. The molecule has 1 aromatic carbocycles. The van der Waals surface area contributed by atoms with E-state index in [0.717, 1.165) is 5.56 Å². The van der Waals surface area contributed by atoms with E-state index in [4.69, 9.17) is 9.88 Å². The molecule has 0 radical (unpaired) electrons. The Labute approximate surface area is 87.5 Å². The highest BCUT2D eigenvalue weighted by atomic mass is 32.2. The van der Waals surface area contributed by atoms with Crippen molar-refractivity contribution in [3.05, 3.63) is 23.8 Å². The Bertz CT molecular complexity index is 483. The first-order chi connectivity index (χ1) is 6.98. The Morgan fingerprint density at radius 2 is 2.20 bits per heavy atom. The summed E-state index contributed by atoms with van der Waals surface area (Å²) in [6, 6.07) is 4.74. The van der Waals surface area contributed by atoms with Gasteiger partial charge in [-0.3, -0.25) is 0 Å². The van der Waals surface area contributed by atoms with E-state index >= 15 is 0 Å². The van der Waals surface area contributed by atoms with Gasteiger partial charge in [-0.2, -0.15) is 0 Å². The van der Waals surface area contributed by atoms with Crippen LogP contribution < -0.4 is 9.88 Å². The van der Waals surface area contributed by atoms with Crippen molar-refractivity contribution in [2.45, 2.75) is 24.0 Å².